The number of rotatable bonds is 1. The van der Waals surface area contributed by atoms with Crippen LogP contribution < -0.4 is 20.6 Å². The fourth-order valence-electron chi connectivity index (χ4n) is 10.5. The quantitative estimate of drug-likeness (QED) is 0.162. The Bertz CT molecular complexity index is 2710. The van der Waals surface area contributed by atoms with Crippen molar-refractivity contribution in [3.8, 4) is 11.1 Å². The number of hydrogen-bond acceptors (Lipinski definition) is 3. The smallest absolute Gasteiger partial charge is 0.333 e. The molecule has 0 amide bonds. The van der Waals surface area contributed by atoms with Gasteiger partial charge in [-0.05, 0) is 117 Å². The first-order chi connectivity index (χ1) is 25.0. The molecule has 7 aromatic rings. The summed E-state index contributed by atoms with van der Waals surface area (Å²) in [4.78, 5) is 5.26. The Hall–Kier alpha value is -5.22. The average Bonchev–Trinajstić information content (AvgIpc) is 3.51. The number of benzene rings is 6. The lowest BCUT2D eigenvalue weighted by atomic mass is 9.42. The van der Waals surface area contributed by atoms with Gasteiger partial charge in [0.2, 0.25) is 0 Å². The molecule has 6 aromatic carbocycles. The van der Waals surface area contributed by atoms with Gasteiger partial charge in [-0.2, -0.15) is 0 Å². The fourth-order valence-corrected chi connectivity index (χ4v) is 10.5. The Morgan fingerprint density at radius 2 is 1.37 bits per heavy atom. The van der Waals surface area contributed by atoms with Crippen LogP contribution in [-0.2, 0) is 16.2 Å². The first-order valence-electron chi connectivity index (χ1n) is 19.0. The zero-order valence-corrected chi connectivity index (χ0v) is 31.2. The van der Waals surface area contributed by atoms with Crippen LogP contribution in [0.15, 0.2) is 114 Å². The molecule has 4 heterocycles. The second-order valence-electron chi connectivity index (χ2n) is 17.7. The molecule has 4 aliphatic rings. The van der Waals surface area contributed by atoms with E-state index in [0.717, 1.165) is 16.6 Å². The van der Waals surface area contributed by atoms with Gasteiger partial charge in [0.15, 0.2) is 0 Å². The molecule has 0 radical (unpaired) electrons. The lowest BCUT2D eigenvalue weighted by Crippen LogP contribution is -2.62. The molecular weight excluding hydrogens is 631 g/mol. The second kappa shape index (κ2) is 9.80. The van der Waals surface area contributed by atoms with E-state index in [-0.39, 0.29) is 23.1 Å². The molecular formula is C48H43BN2O. The second-order valence-corrected chi connectivity index (χ2v) is 17.7. The number of aryl methyl sites for hydroxylation is 1. The van der Waals surface area contributed by atoms with E-state index in [1.807, 2.05) is 0 Å². The van der Waals surface area contributed by atoms with Gasteiger partial charge in [-0.1, -0.05) is 108 Å². The molecule has 0 N–H and O–H groups in total. The molecule has 11 rings (SSSR count). The third-order valence-electron chi connectivity index (χ3n) is 13.3. The zero-order valence-electron chi connectivity index (χ0n) is 31.2. The summed E-state index contributed by atoms with van der Waals surface area (Å²) >= 11 is 0. The lowest BCUT2D eigenvalue weighted by Gasteiger charge is -2.50. The molecule has 0 saturated carbocycles. The summed E-state index contributed by atoms with van der Waals surface area (Å²) in [6.07, 6.45) is 2.38. The molecule has 0 fully saturated rings. The van der Waals surface area contributed by atoms with Gasteiger partial charge in [-0.15, -0.1) is 0 Å². The van der Waals surface area contributed by atoms with Crippen molar-refractivity contribution in [1.29, 1.82) is 0 Å². The fraction of sp³-hybridized carbons (Fsp3) is 0.250. The molecule has 52 heavy (non-hydrogen) atoms. The average molecular weight is 675 g/mol. The molecule has 3 nitrogen and oxygen atoms in total. The maximum Gasteiger partial charge on any atom is 0.333 e. The predicted octanol–water partition coefficient (Wildman–Crippen LogP) is 11.6. The molecule has 0 spiro atoms. The van der Waals surface area contributed by atoms with Gasteiger partial charge in [-0.3, -0.25) is 0 Å². The minimum absolute atomic E-state index is 0.0232. The van der Waals surface area contributed by atoms with Crippen LogP contribution in [0, 0.1) is 6.92 Å². The third kappa shape index (κ3) is 3.73. The van der Waals surface area contributed by atoms with Gasteiger partial charge in [-0.25, -0.2) is 0 Å². The van der Waals surface area contributed by atoms with Gasteiger partial charge in [0.05, 0.1) is 5.69 Å². The number of anilines is 5. The lowest BCUT2D eigenvalue weighted by molar-refractivity contribution is 0.332. The van der Waals surface area contributed by atoms with E-state index < -0.39 is 0 Å². The molecule has 1 aliphatic carbocycles. The molecule has 0 unspecified atom stereocenters. The van der Waals surface area contributed by atoms with Crippen LogP contribution in [0.5, 0.6) is 0 Å². The van der Waals surface area contributed by atoms with Crippen LogP contribution in [0.25, 0.3) is 33.1 Å². The highest BCUT2D eigenvalue weighted by molar-refractivity contribution is 6.93. The van der Waals surface area contributed by atoms with E-state index in [4.69, 9.17) is 4.42 Å². The normalized spacial score (nSPS) is 18.1. The summed E-state index contributed by atoms with van der Waals surface area (Å²) in [5, 5.41) is 2.33. The highest BCUT2D eigenvalue weighted by Crippen LogP contribution is 2.56. The molecule has 3 aliphatic heterocycles. The van der Waals surface area contributed by atoms with Crippen molar-refractivity contribution < 1.29 is 4.42 Å². The summed E-state index contributed by atoms with van der Waals surface area (Å²) in [5.41, 5.74) is 20.4. The minimum atomic E-state index is -0.151. The maximum absolute atomic E-state index is 6.91. The zero-order chi connectivity index (χ0) is 35.5. The van der Waals surface area contributed by atoms with Crippen LogP contribution in [0.4, 0.5) is 28.4 Å². The van der Waals surface area contributed by atoms with Crippen LogP contribution in [-0.4, -0.2) is 6.85 Å². The molecule has 0 atom stereocenters. The Balaban J connectivity index is 1.29. The SMILES string of the molecule is Cc1cc2c3c(c1)N1c4ccccc4C(C)(C)c4cccc(c41)B3N(c1ccc3c(c1)C(C)(C)CCC3(C)C)c1ccc3c(oc4ccccc43)c1-2. The van der Waals surface area contributed by atoms with Crippen molar-refractivity contribution in [2.24, 2.45) is 0 Å². The minimum Gasteiger partial charge on any atom is -0.455 e. The van der Waals surface area contributed by atoms with Crippen molar-refractivity contribution in [3.63, 3.8) is 0 Å². The van der Waals surface area contributed by atoms with E-state index in [1.165, 1.54) is 96.5 Å². The standard InChI is InChI=1S/C48H43BN2O/c1-28-25-32-42-39(22-20-31-30-13-8-11-18-41(30)52-45(31)42)51(29-19-21-33-36(27-29)47(4,5)24-23-46(33,2)3)49-37-16-12-15-35-44(37)50(40(26-28)43(32)49)38-17-10-9-14-34(38)48(35,6)7/h8-22,25-27H,23-24H2,1-7H3. The predicted molar refractivity (Wildman–Crippen MR) is 220 cm³/mol. The monoisotopic (exact) mass is 674 g/mol. The highest BCUT2D eigenvalue weighted by atomic mass is 16.3. The van der Waals surface area contributed by atoms with Crippen LogP contribution in [0.2, 0.25) is 0 Å². The summed E-state index contributed by atoms with van der Waals surface area (Å²) in [7, 11) is 0. The number of para-hydroxylation sites is 3. The Labute approximate surface area is 307 Å². The topological polar surface area (TPSA) is 19.6 Å². The van der Waals surface area contributed by atoms with Crippen molar-refractivity contribution in [3.05, 3.63) is 137 Å². The van der Waals surface area contributed by atoms with Gasteiger partial charge < -0.3 is 14.1 Å². The van der Waals surface area contributed by atoms with E-state index in [0.29, 0.717) is 0 Å². The van der Waals surface area contributed by atoms with Crippen molar-refractivity contribution in [2.45, 2.75) is 77.6 Å². The van der Waals surface area contributed by atoms with Gasteiger partial charge >= 0.3 is 6.85 Å². The van der Waals surface area contributed by atoms with E-state index in [9.17, 15) is 0 Å². The van der Waals surface area contributed by atoms with Gasteiger partial charge in [0, 0.05) is 44.5 Å². The van der Waals surface area contributed by atoms with E-state index >= 15 is 0 Å². The largest absolute Gasteiger partial charge is 0.455 e. The Morgan fingerprint density at radius 1 is 0.615 bits per heavy atom. The highest BCUT2D eigenvalue weighted by Gasteiger charge is 2.50. The number of hydrogen-bond donors (Lipinski definition) is 0. The van der Waals surface area contributed by atoms with Gasteiger partial charge in [0.1, 0.15) is 11.2 Å². The molecule has 254 valence electrons. The van der Waals surface area contributed by atoms with Crippen molar-refractivity contribution in [2.75, 3.05) is 9.71 Å². The number of fused-ring (bicyclic) bond motifs is 11. The van der Waals surface area contributed by atoms with Crippen molar-refractivity contribution in [1.82, 2.24) is 0 Å². The Kier molecular flexibility index (Phi) is 5.73. The third-order valence-corrected chi connectivity index (χ3v) is 13.3. The number of nitrogens with zero attached hydrogens (tertiary/aromatic N) is 2. The van der Waals surface area contributed by atoms with Crippen LogP contribution >= 0.6 is 0 Å². The number of furan rings is 1. The first-order valence-corrected chi connectivity index (χ1v) is 19.0. The van der Waals surface area contributed by atoms with Crippen LogP contribution in [0.3, 0.4) is 0 Å². The summed E-state index contributed by atoms with van der Waals surface area (Å²) in [5.74, 6) is 0. The molecule has 4 heteroatoms. The van der Waals surface area contributed by atoms with E-state index in [2.05, 4.69) is 167 Å². The summed E-state index contributed by atoms with van der Waals surface area (Å²) in [6, 6.07) is 41.5. The summed E-state index contributed by atoms with van der Waals surface area (Å²) in [6.45, 7) is 16.8. The maximum atomic E-state index is 6.91. The summed E-state index contributed by atoms with van der Waals surface area (Å²) < 4.78 is 6.91. The molecule has 1 aromatic heterocycles. The van der Waals surface area contributed by atoms with Crippen molar-refractivity contribution >= 4 is 68.1 Å². The first kappa shape index (κ1) is 30.4. The Morgan fingerprint density at radius 3 is 2.21 bits per heavy atom. The van der Waals surface area contributed by atoms with E-state index in [1.54, 1.807) is 0 Å². The molecule has 0 saturated heterocycles. The van der Waals surface area contributed by atoms with Gasteiger partial charge in [0.25, 0.3) is 0 Å². The van der Waals surface area contributed by atoms with Crippen LogP contribution in [0.1, 0.15) is 82.2 Å². The molecule has 0 bridgehead atoms.